The molecule has 0 aromatic carbocycles. The van der Waals surface area contributed by atoms with Gasteiger partial charge in [-0.15, -0.1) is 0 Å². The molecular formula is C12H22N2O3. The third-order valence-electron chi connectivity index (χ3n) is 2.80. The van der Waals surface area contributed by atoms with Crippen LogP contribution in [0.3, 0.4) is 0 Å². The van der Waals surface area contributed by atoms with Gasteiger partial charge in [0.1, 0.15) is 6.04 Å². The number of hydrogen-bond donors (Lipinski definition) is 3. The maximum Gasteiger partial charge on any atom is 0.242 e. The number of nitrogens with one attached hydrogen (secondary N) is 2. The Hall–Kier alpha value is -1.10. The molecule has 1 saturated heterocycles. The smallest absolute Gasteiger partial charge is 0.242 e. The molecule has 0 bridgehead atoms. The Morgan fingerprint density at radius 3 is 2.76 bits per heavy atom. The summed E-state index contributed by atoms with van der Waals surface area (Å²) in [7, 11) is 0. The van der Waals surface area contributed by atoms with Gasteiger partial charge in [0.15, 0.2) is 0 Å². The van der Waals surface area contributed by atoms with E-state index in [1.165, 1.54) is 0 Å². The molecule has 0 spiro atoms. The maximum absolute atomic E-state index is 11.7. The summed E-state index contributed by atoms with van der Waals surface area (Å²) < 4.78 is 0. The number of carbonyl (C=O) groups is 2. The van der Waals surface area contributed by atoms with E-state index in [0.29, 0.717) is 25.2 Å². The first-order chi connectivity index (χ1) is 7.80. The zero-order chi connectivity index (χ0) is 13.1. The number of rotatable bonds is 5. The van der Waals surface area contributed by atoms with Gasteiger partial charge in [0.2, 0.25) is 11.8 Å². The molecule has 1 unspecified atom stereocenters. The summed E-state index contributed by atoms with van der Waals surface area (Å²) in [5.74, 6) is 0.0760. The summed E-state index contributed by atoms with van der Waals surface area (Å²) in [5, 5.41) is 15.3. The molecule has 1 rings (SSSR count). The topological polar surface area (TPSA) is 78.4 Å². The van der Waals surface area contributed by atoms with Crippen molar-refractivity contribution >= 4 is 11.8 Å². The van der Waals surface area contributed by atoms with Crippen molar-refractivity contribution in [1.29, 1.82) is 0 Å². The van der Waals surface area contributed by atoms with Crippen LogP contribution in [0.15, 0.2) is 0 Å². The fourth-order valence-corrected chi connectivity index (χ4v) is 2.16. The Morgan fingerprint density at radius 2 is 2.29 bits per heavy atom. The third-order valence-corrected chi connectivity index (χ3v) is 2.80. The van der Waals surface area contributed by atoms with Crippen LogP contribution in [0, 0.1) is 5.92 Å². The summed E-state index contributed by atoms with van der Waals surface area (Å²) in [5.41, 5.74) is -0.896. The monoisotopic (exact) mass is 242 g/mol. The van der Waals surface area contributed by atoms with Crippen molar-refractivity contribution in [2.24, 2.45) is 5.92 Å². The first kappa shape index (κ1) is 14.0. The van der Waals surface area contributed by atoms with Crippen LogP contribution in [-0.4, -0.2) is 35.1 Å². The minimum Gasteiger partial charge on any atom is -0.388 e. The second-order valence-corrected chi connectivity index (χ2v) is 5.47. The number of amides is 2. The molecule has 0 saturated carbocycles. The highest BCUT2D eigenvalue weighted by Crippen LogP contribution is 2.15. The first-order valence-corrected chi connectivity index (χ1v) is 6.09. The molecule has 0 aromatic rings. The van der Waals surface area contributed by atoms with Crippen molar-refractivity contribution in [2.75, 3.05) is 6.54 Å². The van der Waals surface area contributed by atoms with Gasteiger partial charge in [-0.2, -0.15) is 0 Å². The van der Waals surface area contributed by atoms with Crippen LogP contribution in [0.4, 0.5) is 0 Å². The molecule has 98 valence electrons. The highest BCUT2D eigenvalue weighted by atomic mass is 16.3. The lowest BCUT2D eigenvalue weighted by molar-refractivity contribution is -0.126. The Balaban J connectivity index is 2.34. The number of hydrogen-bond acceptors (Lipinski definition) is 3. The summed E-state index contributed by atoms with van der Waals surface area (Å²) in [6, 6.07) is -0.433. The van der Waals surface area contributed by atoms with E-state index in [0.717, 1.165) is 0 Å². The van der Waals surface area contributed by atoms with Gasteiger partial charge >= 0.3 is 0 Å². The largest absolute Gasteiger partial charge is 0.388 e. The molecule has 5 heteroatoms. The molecule has 1 fully saturated rings. The molecule has 1 aliphatic heterocycles. The van der Waals surface area contributed by atoms with Crippen molar-refractivity contribution in [1.82, 2.24) is 10.6 Å². The van der Waals surface area contributed by atoms with Crippen molar-refractivity contribution in [3.63, 3.8) is 0 Å². The van der Waals surface area contributed by atoms with Crippen LogP contribution >= 0.6 is 0 Å². The van der Waals surface area contributed by atoms with Gasteiger partial charge in [-0.25, -0.2) is 0 Å². The fourth-order valence-electron chi connectivity index (χ4n) is 2.16. The molecule has 0 aromatic heterocycles. The number of aliphatic hydroxyl groups is 1. The van der Waals surface area contributed by atoms with Crippen molar-refractivity contribution in [2.45, 2.75) is 51.7 Å². The molecular weight excluding hydrogens is 220 g/mol. The van der Waals surface area contributed by atoms with Gasteiger partial charge in [-0.1, -0.05) is 13.8 Å². The fraction of sp³-hybridized carbons (Fsp3) is 0.833. The first-order valence-electron chi connectivity index (χ1n) is 6.09. The van der Waals surface area contributed by atoms with E-state index in [-0.39, 0.29) is 18.4 Å². The van der Waals surface area contributed by atoms with E-state index in [9.17, 15) is 14.7 Å². The van der Waals surface area contributed by atoms with E-state index in [2.05, 4.69) is 10.6 Å². The average molecular weight is 242 g/mol. The van der Waals surface area contributed by atoms with Gasteiger partial charge in [-0.3, -0.25) is 9.59 Å². The lowest BCUT2D eigenvalue weighted by atomic mass is 9.94. The SMILES string of the molecule is CC(C)CC(C)(O)CNC(=O)[C@H]1CCC(=O)N1. The molecule has 3 N–H and O–H groups in total. The molecule has 0 radical (unpaired) electrons. The molecule has 5 nitrogen and oxygen atoms in total. The lowest BCUT2D eigenvalue weighted by Crippen LogP contribution is -2.47. The Bertz CT molecular complexity index is 300. The predicted molar refractivity (Wildman–Crippen MR) is 64.3 cm³/mol. The maximum atomic E-state index is 11.7. The van der Waals surface area contributed by atoms with Crippen LogP contribution in [0.2, 0.25) is 0 Å². The van der Waals surface area contributed by atoms with Gasteiger partial charge in [-0.05, 0) is 25.7 Å². The molecule has 0 aliphatic carbocycles. The molecule has 17 heavy (non-hydrogen) atoms. The van der Waals surface area contributed by atoms with Crippen LogP contribution in [0.1, 0.15) is 40.0 Å². The lowest BCUT2D eigenvalue weighted by Gasteiger charge is -2.26. The van der Waals surface area contributed by atoms with E-state index >= 15 is 0 Å². The summed E-state index contributed by atoms with van der Waals surface area (Å²) in [6.07, 6.45) is 1.57. The summed E-state index contributed by atoms with van der Waals surface area (Å²) in [6.45, 7) is 5.97. The highest BCUT2D eigenvalue weighted by molar-refractivity contribution is 5.90. The minimum absolute atomic E-state index is 0.0842. The van der Waals surface area contributed by atoms with Crippen molar-refractivity contribution < 1.29 is 14.7 Å². The predicted octanol–water partition coefficient (Wildman–Crippen LogP) is 0.178. The van der Waals surface area contributed by atoms with Crippen LogP contribution in [-0.2, 0) is 9.59 Å². The van der Waals surface area contributed by atoms with E-state index in [1.807, 2.05) is 13.8 Å². The van der Waals surface area contributed by atoms with Crippen LogP contribution in [0.5, 0.6) is 0 Å². The zero-order valence-corrected chi connectivity index (χ0v) is 10.7. The van der Waals surface area contributed by atoms with E-state index < -0.39 is 11.6 Å². The normalized spacial score (nSPS) is 23.4. The van der Waals surface area contributed by atoms with Gasteiger partial charge in [0.05, 0.1) is 5.60 Å². The van der Waals surface area contributed by atoms with Gasteiger partial charge in [0, 0.05) is 13.0 Å². The third kappa shape index (κ3) is 4.73. The van der Waals surface area contributed by atoms with Crippen molar-refractivity contribution in [3.05, 3.63) is 0 Å². The average Bonchev–Trinajstić information content (AvgIpc) is 2.59. The highest BCUT2D eigenvalue weighted by Gasteiger charge is 2.29. The second kappa shape index (κ2) is 5.49. The van der Waals surface area contributed by atoms with Crippen LogP contribution in [0.25, 0.3) is 0 Å². The Kier molecular flexibility index (Phi) is 4.51. The Morgan fingerprint density at radius 1 is 1.65 bits per heavy atom. The zero-order valence-electron chi connectivity index (χ0n) is 10.7. The molecule has 1 heterocycles. The quantitative estimate of drug-likeness (QED) is 0.643. The number of carbonyl (C=O) groups excluding carboxylic acids is 2. The van der Waals surface area contributed by atoms with E-state index in [4.69, 9.17) is 0 Å². The molecule has 2 amide bonds. The van der Waals surface area contributed by atoms with E-state index in [1.54, 1.807) is 6.92 Å². The van der Waals surface area contributed by atoms with Crippen LogP contribution < -0.4 is 10.6 Å². The summed E-state index contributed by atoms with van der Waals surface area (Å²) in [4.78, 5) is 22.7. The van der Waals surface area contributed by atoms with Gasteiger partial charge < -0.3 is 15.7 Å². The Labute approximate surface area is 102 Å². The molecule has 2 atom stereocenters. The summed E-state index contributed by atoms with van der Waals surface area (Å²) >= 11 is 0. The second-order valence-electron chi connectivity index (χ2n) is 5.47. The van der Waals surface area contributed by atoms with Gasteiger partial charge in [0.25, 0.3) is 0 Å². The van der Waals surface area contributed by atoms with Crippen molar-refractivity contribution in [3.8, 4) is 0 Å². The standard InChI is InChI=1S/C12H22N2O3/c1-8(2)6-12(3,17)7-13-11(16)9-4-5-10(15)14-9/h8-9,17H,4-7H2,1-3H3,(H,13,16)(H,14,15)/t9-,12?/m1/s1. The minimum atomic E-state index is -0.896. The molecule has 1 aliphatic rings.